The van der Waals surface area contributed by atoms with Crippen LogP contribution < -0.4 is 10.3 Å². The number of carbonyl (C=O) groups is 1. The number of carbonyl (C=O) groups excluding carboxylic acids is 1. The van der Waals surface area contributed by atoms with Crippen LogP contribution in [0.25, 0.3) is 16.3 Å². The van der Waals surface area contributed by atoms with Crippen LogP contribution in [0, 0.1) is 5.82 Å². The van der Waals surface area contributed by atoms with Crippen LogP contribution in [0.4, 0.5) is 10.1 Å². The second kappa shape index (κ2) is 8.58. The highest BCUT2D eigenvalue weighted by Crippen LogP contribution is 2.39. The van der Waals surface area contributed by atoms with Crippen LogP contribution in [0.3, 0.4) is 0 Å². The Morgan fingerprint density at radius 3 is 2.69 bits per heavy atom. The van der Waals surface area contributed by atoms with Crippen molar-refractivity contribution < 1.29 is 9.18 Å². The molecule has 0 saturated carbocycles. The molecule has 0 fully saturated rings. The molecule has 0 saturated heterocycles. The van der Waals surface area contributed by atoms with E-state index in [1.807, 2.05) is 49.4 Å². The molecule has 1 amide bonds. The van der Waals surface area contributed by atoms with Crippen LogP contribution in [0.2, 0.25) is 0 Å². The summed E-state index contributed by atoms with van der Waals surface area (Å²) >= 11 is 0. The molecule has 5 heteroatoms. The van der Waals surface area contributed by atoms with E-state index in [1.165, 1.54) is 6.21 Å². The summed E-state index contributed by atoms with van der Waals surface area (Å²) in [5.74, 6) is -0.606. The van der Waals surface area contributed by atoms with Crippen molar-refractivity contribution in [3.8, 4) is 0 Å². The molecule has 1 N–H and O–H groups in total. The lowest BCUT2D eigenvalue weighted by Gasteiger charge is -2.42. The Balaban J connectivity index is 1.52. The number of allylic oxidation sites excluding steroid dienone is 1. The molecule has 3 aromatic carbocycles. The Morgan fingerprint density at radius 1 is 1.16 bits per heavy atom. The van der Waals surface area contributed by atoms with Gasteiger partial charge in [0.2, 0.25) is 5.91 Å². The lowest BCUT2D eigenvalue weighted by molar-refractivity contribution is -0.120. The maximum atomic E-state index is 14.9. The summed E-state index contributed by atoms with van der Waals surface area (Å²) in [7, 11) is 0. The second-order valence-electron chi connectivity index (χ2n) is 8.72. The molecule has 164 valence electrons. The average molecular weight is 430 g/mol. The predicted octanol–water partition coefficient (Wildman–Crippen LogP) is 5.69. The molecule has 4 rings (SSSR count). The van der Waals surface area contributed by atoms with Gasteiger partial charge < -0.3 is 4.90 Å². The molecule has 0 radical (unpaired) electrons. The summed E-state index contributed by atoms with van der Waals surface area (Å²) in [6.07, 6.45) is 3.78. The molecule has 4 nitrogen and oxygen atoms in total. The second-order valence-corrected chi connectivity index (χ2v) is 8.72. The van der Waals surface area contributed by atoms with Crippen molar-refractivity contribution in [3.05, 3.63) is 83.2 Å². The van der Waals surface area contributed by atoms with Gasteiger partial charge in [-0.2, -0.15) is 5.10 Å². The van der Waals surface area contributed by atoms with Crippen LogP contribution in [0.5, 0.6) is 0 Å². The fraction of sp³-hybridized carbons (Fsp3) is 0.259. The zero-order valence-electron chi connectivity index (χ0n) is 18.9. The normalized spacial score (nSPS) is 15.0. The minimum absolute atomic E-state index is 0.177. The minimum atomic E-state index is -0.361. The van der Waals surface area contributed by atoms with E-state index in [-0.39, 0.29) is 23.7 Å². The SMILES string of the molecule is CCN1c2cc(F)c(/C=N\NC(=O)Cc3cccc4ccccc34)cc2C(C)=CC1(C)C. The molecule has 0 unspecified atom stereocenters. The fourth-order valence-corrected chi connectivity index (χ4v) is 4.62. The van der Waals surface area contributed by atoms with Gasteiger partial charge in [-0.25, -0.2) is 9.82 Å². The van der Waals surface area contributed by atoms with Gasteiger partial charge in [0.1, 0.15) is 5.82 Å². The Bertz CT molecular complexity index is 1240. The van der Waals surface area contributed by atoms with E-state index in [0.717, 1.165) is 39.7 Å². The van der Waals surface area contributed by atoms with Crippen molar-refractivity contribution in [2.75, 3.05) is 11.4 Å². The first-order valence-electron chi connectivity index (χ1n) is 10.9. The number of amides is 1. The highest BCUT2D eigenvalue weighted by atomic mass is 19.1. The first-order valence-corrected chi connectivity index (χ1v) is 10.9. The van der Waals surface area contributed by atoms with Gasteiger partial charge in [-0.15, -0.1) is 0 Å². The van der Waals surface area contributed by atoms with E-state index in [4.69, 9.17) is 0 Å². The Hall–Kier alpha value is -3.47. The molecule has 0 spiro atoms. The third-order valence-electron chi connectivity index (χ3n) is 6.04. The van der Waals surface area contributed by atoms with Crippen molar-refractivity contribution in [1.29, 1.82) is 0 Å². The number of fused-ring (bicyclic) bond motifs is 2. The van der Waals surface area contributed by atoms with E-state index in [9.17, 15) is 9.18 Å². The molecule has 1 heterocycles. The van der Waals surface area contributed by atoms with Crippen LogP contribution in [-0.2, 0) is 11.2 Å². The number of likely N-dealkylation sites (N-methyl/N-ethyl adjacent to an activating group) is 1. The fourth-order valence-electron chi connectivity index (χ4n) is 4.62. The van der Waals surface area contributed by atoms with Gasteiger partial charge in [-0.1, -0.05) is 48.5 Å². The average Bonchev–Trinajstić information content (AvgIpc) is 2.74. The highest BCUT2D eigenvalue weighted by Gasteiger charge is 2.30. The summed E-state index contributed by atoms with van der Waals surface area (Å²) in [6, 6.07) is 17.2. The van der Waals surface area contributed by atoms with Crippen LogP contribution in [0.1, 0.15) is 44.4 Å². The van der Waals surface area contributed by atoms with Crippen molar-refractivity contribution in [1.82, 2.24) is 5.43 Å². The first kappa shape index (κ1) is 21.8. The minimum Gasteiger partial charge on any atom is -0.363 e. The van der Waals surface area contributed by atoms with E-state index >= 15 is 0 Å². The van der Waals surface area contributed by atoms with Gasteiger partial charge >= 0.3 is 0 Å². The number of nitrogens with zero attached hydrogens (tertiary/aromatic N) is 2. The lowest BCUT2D eigenvalue weighted by Crippen LogP contribution is -2.45. The summed E-state index contributed by atoms with van der Waals surface area (Å²) in [5, 5.41) is 6.15. The monoisotopic (exact) mass is 429 g/mol. The van der Waals surface area contributed by atoms with Crippen LogP contribution in [-0.4, -0.2) is 24.2 Å². The summed E-state index contributed by atoms with van der Waals surface area (Å²) < 4.78 is 14.9. The van der Waals surface area contributed by atoms with E-state index in [2.05, 4.69) is 42.3 Å². The molecule has 3 aromatic rings. The Labute approximate surface area is 188 Å². The van der Waals surface area contributed by atoms with Crippen molar-refractivity contribution in [2.24, 2.45) is 5.10 Å². The van der Waals surface area contributed by atoms with Gasteiger partial charge in [0.25, 0.3) is 0 Å². The van der Waals surface area contributed by atoms with E-state index in [0.29, 0.717) is 5.56 Å². The Morgan fingerprint density at radius 2 is 1.91 bits per heavy atom. The number of anilines is 1. The lowest BCUT2D eigenvalue weighted by atomic mass is 9.88. The van der Waals surface area contributed by atoms with Crippen molar-refractivity contribution in [2.45, 2.75) is 39.7 Å². The molecule has 0 atom stereocenters. The zero-order chi connectivity index (χ0) is 22.9. The molecule has 0 bridgehead atoms. The molecular formula is C27H28FN3O. The number of hydrogen-bond donors (Lipinski definition) is 1. The standard InChI is InChI=1S/C27H28FN3O/c1-5-31-25-15-24(28)21(13-23(25)18(2)16-27(31,3)4)17-29-30-26(32)14-20-11-8-10-19-9-6-7-12-22(19)20/h6-13,15-17H,5,14H2,1-4H3,(H,30,32)/b29-17-. The maximum Gasteiger partial charge on any atom is 0.244 e. The smallest absolute Gasteiger partial charge is 0.244 e. The van der Waals surface area contributed by atoms with Crippen LogP contribution >= 0.6 is 0 Å². The quantitative estimate of drug-likeness (QED) is 0.418. The summed E-state index contributed by atoms with van der Waals surface area (Å²) in [5.41, 5.74) is 6.60. The first-order chi connectivity index (χ1) is 15.3. The largest absolute Gasteiger partial charge is 0.363 e. The zero-order valence-corrected chi connectivity index (χ0v) is 18.9. The molecule has 0 aliphatic carbocycles. The van der Waals surface area contributed by atoms with Gasteiger partial charge in [-0.05, 0) is 61.7 Å². The summed E-state index contributed by atoms with van der Waals surface area (Å²) in [6.45, 7) is 9.14. The molecule has 1 aliphatic rings. The van der Waals surface area contributed by atoms with Gasteiger partial charge in [0.05, 0.1) is 18.2 Å². The molecular weight excluding hydrogens is 401 g/mol. The van der Waals surface area contributed by atoms with E-state index < -0.39 is 0 Å². The number of hydrazone groups is 1. The predicted molar refractivity (Wildman–Crippen MR) is 131 cm³/mol. The van der Waals surface area contributed by atoms with Gasteiger partial charge in [0.15, 0.2) is 0 Å². The van der Waals surface area contributed by atoms with Gasteiger partial charge in [-0.3, -0.25) is 4.79 Å². The highest BCUT2D eigenvalue weighted by molar-refractivity contribution is 5.91. The van der Waals surface area contributed by atoms with Gasteiger partial charge in [0, 0.05) is 23.4 Å². The number of rotatable bonds is 5. The Kier molecular flexibility index (Phi) is 5.83. The topological polar surface area (TPSA) is 44.7 Å². The molecule has 32 heavy (non-hydrogen) atoms. The number of nitrogens with one attached hydrogen (secondary N) is 1. The van der Waals surface area contributed by atoms with E-state index in [1.54, 1.807) is 12.1 Å². The van der Waals surface area contributed by atoms with Crippen LogP contribution in [0.15, 0.2) is 65.8 Å². The molecule has 0 aromatic heterocycles. The third-order valence-corrected chi connectivity index (χ3v) is 6.04. The number of halogens is 1. The number of hydrogen-bond acceptors (Lipinski definition) is 3. The number of benzene rings is 3. The summed E-state index contributed by atoms with van der Waals surface area (Å²) in [4.78, 5) is 14.6. The molecule has 1 aliphatic heterocycles. The van der Waals surface area contributed by atoms with Crippen molar-refractivity contribution in [3.63, 3.8) is 0 Å². The third kappa shape index (κ3) is 4.15. The van der Waals surface area contributed by atoms with Crippen molar-refractivity contribution >= 4 is 34.2 Å². The maximum absolute atomic E-state index is 14.9.